The van der Waals surface area contributed by atoms with Gasteiger partial charge in [-0.15, -0.1) is 0 Å². The van der Waals surface area contributed by atoms with Gasteiger partial charge in [-0.1, -0.05) is 30.3 Å². The van der Waals surface area contributed by atoms with Crippen molar-refractivity contribution in [1.82, 2.24) is 0 Å². The Kier molecular flexibility index (Phi) is 4.89. The molecule has 0 heterocycles. The maximum Gasteiger partial charge on any atom is 0.336 e. The molecule has 0 bridgehead atoms. The van der Waals surface area contributed by atoms with Crippen LogP contribution in [0.4, 0.5) is 0 Å². The van der Waals surface area contributed by atoms with Crippen LogP contribution in [0.2, 0.25) is 0 Å². The Hall–Kier alpha value is -1.88. The summed E-state index contributed by atoms with van der Waals surface area (Å²) < 4.78 is 5.19. The highest BCUT2D eigenvalue weighted by Gasteiger charge is 2.43. The number of hydrogen-bond acceptors (Lipinski definition) is 4. The monoisotopic (exact) mass is 278 g/mol. The second kappa shape index (κ2) is 6.05. The van der Waals surface area contributed by atoms with E-state index in [2.05, 4.69) is 0 Å². The summed E-state index contributed by atoms with van der Waals surface area (Å²) >= 11 is 0. The van der Waals surface area contributed by atoms with Gasteiger partial charge in [0.1, 0.15) is 5.60 Å². The number of carbonyl (C=O) groups is 2. The second-order valence-corrected chi connectivity index (χ2v) is 5.82. The van der Waals surface area contributed by atoms with Crippen LogP contribution in [0.5, 0.6) is 0 Å². The van der Waals surface area contributed by atoms with Crippen molar-refractivity contribution in [2.24, 2.45) is 11.5 Å². The van der Waals surface area contributed by atoms with Crippen molar-refractivity contribution in [3.05, 3.63) is 35.9 Å². The molecule has 0 spiro atoms. The fourth-order valence-electron chi connectivity index (χ4n) is 1.68. The van der Waals surface area contributed by atoms with E-state index in [0.717, 1.165) is 5.56 Å². The molecule has 0 aliphatic carbocycles. The fraction of sp³-hybridized carbons (Fsp3) is 0.467. The number of carbonyl (C=O) groups excluding carboxylic acids is 2. The number of amides is 1. The Labute approximate surface area is 119 Å². The van der Waals surface area contributed by atoms with E-state index in [9.17, 15) is 9.59 Å². The fourth-order valence-corrected chi connectivity index (χ4v) is 1.68. The second-order valence-electron chi connectivity index (χ2n) is 5.82. The summed E-state index contributed by atoms with van der Waals surface area (Å²) in [6.45, 7) is 5.14. The van der Waals surface area contributed by atoms with Gasteiger partial charge in [-0.25, -0.2) is 4.79 Å². The molecule has 1 unspecified atom stereocenters. The molecule has 1 amide bonds. The number of ether oxygens (including phenoxy) is 1. The van der Waals surface area contributed by atoms with Crippen LogP contribution in [0, 0.1) is 0 Å². The van der Waals surface area contributed by atoms with E-state index in [1.165, 1.54) is 0 Å². The number of esters is 1. The first-order chi connectivity index (χ1) is 9.15. The summed E-state index contributed by atoms with van der Waals surface area (Å²) in [5.74, 6) is -1.66. The van der Waals surface area contributed by atoms with E-state index in [-0.39, 0.29) is 6.42 Å². The summed E-state index contributed by atoms with van der Waals surface area (Å²) in [7, 11) is 0. The zero-order valence-corrected chi connectivity index (χ0v) is 12.2. The minimum Gasteiger partial charge on any atom is -0.458 e. The molecule has 0 radical (unpaired) electrons. The third kappa shape index (κ3) is 4.35. The van der Waals surface area contributed by atoms with Gasteiger partial charge in [0.05, 0.1) is 0 Å². The van der Waals surface area contributed by atoms with Crippen molar-refractivity contribution in [3.8, 4) is 0 Å². The maximum absolute atomic E-state index is 12.1. The number of nitrogens with two attached hydrogens (primary N) is 2. The van der Waals surface area contributed by atoms with Crippen LogP contribution in [0.25, 0.3) is 0 Å². The topological polar surface area (TPSA) is 95.4 Å². The highest BCUT2D eigenvalue weighted by Crippen LogP contribution is 2.18. The predicted molar refractivity (Wildman–Crippen MR) is 76.7 cm³/mol. The molecule has 5 nitrogen and oxygen atoms in total. The van der Waals surface area contributed by atoms with Gasteiger partial charge in [-0.3, -0.25) is 4.79 Å². The molecule has 0 fully saturated rings. The summed E-state index contributed by atoms with van der Waals surface area (Å²) in [6, 6.07) is 9.45. The van der Waals surface area contributed by atoms with Crippen LogP contribution < -0.4 is 11.5 Å². The molecule has 0 saturated carbocycles. The first kappa shape index (κ1) is 16.2. The Morgan fingerprint density at radius 3 is 2.15 bits per heavy atom. The van der Waals surface area contributed by atoms with Gasteiger partial charge in [0.15, 0.2) is 5.54 Å². The standard InChI is InChI=1S/C15H22N2O3/c1-14(2,3)20-13(19)15(17,12(16)18)10-9-11-7-5-4-6-8-11/h4-8H,9-10,17H2,1-3H3,(H2,16,18). The Morgan fingerprint density at radius 1 is 1.15 bits per heavy atom. The maximum atomic E-state index is 12.1. The third-order valence-electron chi connectivity index (χ3n) is 2.85. The molecule has 1 atom stereocenters. The molecule has 1 aromatic carbocycles. The van der Waals surface area contributed by atoms with Crippen LogP contribution in [-0.2, 0) is 20.7 Å². The highest BCUT2D eigenvalue weighted by atomic mass is 16.6. The van der Waals surface area contributed by atoms with Gasteiger partial charge < -0.3 is 16.2 Å². The average Bonchev–Trinajstić information content (AvgIpc) is 2.34. The summed E-state index contributed by atoms with van der Waals surface area (Å²) in [5.41, 5.74) is 9.64. The average molecular weight is 278 g/mol. The van der Waals surface area contributed by atoms with Crippen molar-refractivity contribution in [1.29, 1.82) is 0 Å². The van der Waals surface area contributed by atoms with Crippen molar-refractivity contribution in [3.63, 3.8) is 0 Å². The number of benzene rings is 1. The van der Waals surface area contributed by atoms with Gasteiger partial charge in [0.25, 0.3) is 0 Å². The molecule has 1 aromatic rings. The molecule has 4 N–H and O–H groups in total. The summed E-state index contributed by atoms with van der Waals surface area (Å²) in [6.07, 6.45) is 0.584. The third-order valence-corrected chi connectivity index (χ3v) is 2.85. The first-order valence-corrected chi connectivity index (χ1v) is 6.51. The largest absolute Gasteiger partial charge is 0.458 e. The molecule has 5 heteroatoms. The minimum absolute atomic E-state index is 0.112. The normalized spacial score (nSPS) is 14.4. The minimum atomic E-state index is -1.80. The van der Waals surface area contributed by atoms with Crippen molar-refractivity contribution in [2.45, 2.75) is 44.8 Å². The zero-order chi connectivity index (χ0) is 15.4. The molecule has 0 aromatic heterocycles. The lowest BCUT2D eigenvalue weighted by Crippen LogP contribution is -2.60. The Morgan fingerprint density at radius 2 is 1.70 bits per heavy atom. The van der Waals surface area contributed by atoms with E-state index >= 15 is 0 Å². The lowest BCUT2D eigenvalue weighted by molar-refractivity contribution is -0.164. The molecule has 0 aliphatic heterocycles. The van der Waals surface area contributed by atoms with Crippen LogP contribution in [0.3, 0.4) is 0 Å². The molecule has 0 aliphatic rings. The van der Waals surface area contributed by atoms with Crippen molar-refractivity contribution < 1.29 is 14.3 Å². The van der Waals surface area contributed by atoms with Gasteiger partial charge >= 0.3 is 5.97 Å². The highest BCUT2D eigenvalue weighted by molar-refractivity contribution is 6.06. The van der Waals surface area contributed by atoms with Crippen molar-refractivity contribution in [2.75, 3.05) is 0 Å². The number of hydrogen-bond donors (Lipinski definition) is 2. The van der Waals surface area contributed by atoms with E-state index < -0.39 is 23.0 Å². The Bertz CT molecular complexity index is 480. The van der Waals surface area contributed by atoms with Gasteiger partial charge in [-0.2, -0.15) is 0 Å². The van der Waals surface area contributed by atoms with E-state index in [1.54, 1.807) is 20.8 Å². The van der Waals surface area contributed by atoms with E-state index in [1.807, 2.05) is 30.3 Å². The van der Waals surface area contributed by atoms with E-state index in [4.69, 9.17) is 16.2 Å². The SMILES string of the molecule is CC(C)(C)OC(=O)C(N)(CCc1ccccc1)C(N)=O. The number of primary amides is 1. The number of rotatable bonds is 5. The van der Waals surface area contributed by atoms with Crippen molar-refractivity contribution >= 4 is 11.9 Å². The van der Waals surface area contributed by atoms with E-state index in [0.29, 0.717) is 6.42 Å². The van der Waals surface area contributed by atoms with Crippen LogP contribution >= 0.6 is 0 Å². The van der Waals surface area contributed by atoms with Gasteiger partial charge in [0, 0.05) is 0 Å². The quantitative estimate of drug-likeness (QED) is 0.623. The number of aryl methyl sites for hydroxylation is 1. The lowest BCUT2D eigenvalue weighted by atomic mass is 9.91. The summed E-state index contributed by atoms with van der Waals surface area (Å²) in [4.78, 5) is 23.7. The van der Waals surface area contributed by atoms with Crippen LogP contribution in [0.15, 0.2) is 30.3 Å². The van der Waals surface area contributed by atoms with Crippen LogP contribution in [-0.4, -0.2) is 23.0 Å². The van der Waals surface area contributed by atoms with Crippen LogP contribution in [0.1, 0.15) is 32.8 Å². The smallest absolute Gasteiger partial charge is 0.336 e. The van der Waals surface area contributed by atoms with Gasteiger partial charge in [0.2, 0.25) is 5.91 Å². The molecule has 110 valence electrons. The first-order valence-electron chi connectivity index (χ1n) is 6.51. The predicted octanol–water partition coefficient (Wildman–Crippen LogP) is 1.14. The zero-order valence-electron chi connectivity index (χ0n) is 12.2. The Balaban J connectivity index is 2.82. The molecular weight excluding hydrogens is 256 g/mol. The molecular formula is C15H22N2O3. The molecule has 1 rings (SSSR count). The lowest BCUT2D eigenvalue weighted by Gasteiger charge is -2.28. The summed E-state index contributed by atoms with van der Waals surface area (Å²) in [5, 5.41) is 0. The van der Waals surface area contributed by atoms with Gasteiger partial charge in [-0.05, 0) is 39.2 Å². The molecule has 0 saturated heterocycles. The molecule has 20 heavy (non-hydrogen) atoms.